The Balaban J connectivity index is 1.44. The molecule has 1 amide bonds. The smallest absolute Gasteiger partial charge is 0.292 e. The number of halogens is 1. The number of oxazole rings is 1. The summed E-state index contributed by atoms with van der Waals surface area (Å²) in [6, 6.07) is 4.11. The SMILES string of the molecule is O=C(c1cnc(C2CC2)o1)N1CCc2[nH]cnc2C1c1cc2c(F)cccn2n1. The van der Waals surface area contributed by atoms with Crippen molar-refractivity contribution in [3.8, 4) is 0 Å². The van der Waals surface area contributed by atoms with Gasteiger partial charge in [0.2, 0.25) is 5.76 Å². The summed E-state index contributed by atoms with van der Waals surface area (Å²) < 4.78 is 21.4. The summed E-state index contributed by atoms with van der Waals surface area (Å²) >= 11 is 0. The molecule has 1 N–H and O–H groups in total. The van der Waals surface area contributed by atoms with Gasteiger partial charge in [-0.25, -0.2) is 18.9 Å². The van der Waals surface area contributed by atoms with Gasteiger partial charge in [-0.3, -0.25) is 4.79 Å². The summed E-state index contributed by atoms with van der Waals surface area (Å²) in [4.78, 5) is 26.8. The maximum atomic E-state index is 14.2. The molecular weight excluding hydrogens is 375 g/mol. The van der Waals surface area contributed by atoms with Crippen molar-refractivity contribution in [1.82, 2.24) is 29.5 Å². The minimum atomic E-state index is -0.536. The quantitative estimate of drug-likeness (QED) is 0.579. The van der Waals surface area contributed by atoms with Gasteiger partial charge in [0.1, 0.15) is 17.4 Å². The number of fused-ring (bicyclic) bond motifs is 2. The number of H-pyrrole nitrogens is 1. The third-order valence-electron chi connectivity index (χ3n) is 5.60. The van der Waals surface area contributed by atoms with Crippen LogP contribution < -0.4 is 0 Å². The van der Waals surface area contributed by atoms with Crippen molar-refractivity contribution in [2.45, 2.75) is 31.2 Å². The van der Waals surface area contributed by atoms with E-state index in [0.29, 0.717) is 36.0 Å². The van der Waals surface area contributed by atoms with Gasteiger partial charge in [-0.1, -0.05) is 0 Å². The highest BCUT2D eigenvalue weighted by molar-refractivity contribution is 5.92. The fourth-order valence-corrected chi connectivity index (χ4v) is 3.98. The van der Waals surface area contributed by atoms with Gasteiger partial charge in [-0.2, -0.15) is 5.10 Å². The van der Waals surface area contributed by atoms with E-state index in [1.807, 2.05) is 0 Å². The molecule has 2 aliphatic rings. The fourth-order valence-electron chi connectivity index (χ4n) is 3.98. The molecule has 0 bridgehead atoms. The van der Waals surface area contributed by atoms with E-state index in [2.05, 4.69) is 20.1 Å². The second kappa shape index (κ2) is 6.00. The molecule has 1 saturated carbocycles. The second-order valence-electron chi connectivity index (χ2n) is 7.51. The predicted octanol–water partition coefficient (Wildman–Crippen LogP) is 2.85. The van der Waals surface area contributed by atoms with Crippen LogP contribution in [-0.2, 0) is 6.42 Å². The molecule has 9 heteroatoms. The molecule has 1 aliphatic heterocycles. The monoisotopic (exact) mass is 392 g/mol. The lowest BCUT2D eigenvalue weighted by Gasteiger charge is -2.33. The maximum absolute atomic E-state index is 14.2. The molecule has 1 unspecified atom stereocenters. The van der Waals surface area contributed by atoms with Crippen LogP contribution in [0.1, 0.15) is 58.3 Å². The lowest BCUT2D eigenvalue weighted by molar-refractivity contribution is 0.0652. The van der Waals surface area contributed by atoms with Crippen LogP contribution in [-0.4, -0.2) is 41.9 Å². The van der Waals surface area contributed by atoms with Crippen LogP contribution >= 0.6 is 0 Å². The van der Waals surface area contributed by atoms with Crippen molar-refractivity contribution < 1.29 is 13.6 Å². The molecule has 8 nitrogen and oxygen atoms in total. The van der Waals surface area contributed by atoms with Gasteiger partial charge in [-0.05, 0) is 31.0 Å². The van der Waals surface area contributed by atoms with Gasteiger partial charge in [0.15, 0.2) is 5.89 Å². The number of rotatable bonds is 3. The van der Waals surface area contributed by atoms with E-state index in [1.54, 1.807) is 29.6 Å². The lowest BCUT2D eigenvalue weighted by Crippen LogP contribution is -2.40. The zero-order valence-corrected chi connectivity index (χ0v) is 15.4. The Labute approximate surface area is 164 Å². The van der Waals surface area contributed by atoms with Crippen LogP contribution in [0, 0.1) is 5.82 Å². The molecule has 29 heavy (non-hydrogen) atoms. The Kier molecular flexibility index (Phi) is 3.41. The minimum absolute atomic E-state index is 0.214. The summed E-state index contributed by atoms with van der Waals surface area (Å²) in [5.74, 6) is 0.531. The number of aromatic amines is 1. The first-order valence-corrected chi connectivity index (χ1v) is 9.61. The summed E-state index contributed by atoms with van der Waals surface area (Å²) in [5.41, 5.74) is 2.58. The van der Waals surface area contributed by atoms with Crippen molar-refractivity contribution in [3.63, 3.8) is 0 Å². The number of pyridine rings is 1. The van der Waals surface area contributed by atoms with Gasteiger partial charge >= 0.3 is 0 Å². The Morgan fingerprint density at radius 1 is 1.31 bits per heavy atom. The van der Waals surface area contributed by atoms with Crippen molar-refractivity contribution in [2.75, 3.05) is 6.54 Å². The lowest BCUT2D eigenvalue weighted by atomic mass is 9.99. The number of imidazole rings is 1. The van der Waals surface area contributed by atoms with E-state index < -0.39 is 6.04 Å². The number of aromatic nitrogens is 5. The Bertz CT molecular complexity index is 1240. The second-order valence-corrected chi connectivity index (χ2v) is 7.51. The van der Waals surface area contributed by atoms with E-state index >= 15 is 0 Å². The van der Waals surface area contributed by atoms with E-state index in [4.69, 9.17) is 4.42 Å². The number of carbonyl (C=O) groups excluding carboxylic acids is 1. The number of hydrogen-bond donors (Lipinski definition) is 1. The first kappa shape index (κ1) is 16.5. The molecule has 0 aromatic carbocycles. The zero-order valence-electron chi connectivity index (χ0n) is 15.4. The average Bonchev–Trinajstić information content (AvgIpc) is 3.13. The number of amides is 1. The first-order chi connectivity index (χ1) is 14.2. The molecule has 0 saturated heterocycles. The fraction of sp³-hybridized carbons (Fsp3) is 0.300. The Morgan fingerprint density at radius 2 is 2.21 bits per heavy atom. The summed E-state index contributed by atoms with van der Waals surface area (Å²) in [6.07, 6.45) is 7.52. The van der Waals surface area contributed by atoms with Crippen molar-refractivity contribution in [1.29, 1.82) is 0 Å². The van der Waals surface area contributed by atoms with Crippen LogP contribution in [0.2, 0.25) is 0 Å². The molecule has 4 aromatic heterocycles. The van der Waals surface area contributed by atoms with Crippen molar-refractivity contribution in [2.24, 2.45) is 0 Å². The highest BCUT2D eigenvalue weighted by atomic mass is 19.1. The third kappa shape index (κ3) is 2.57. The Morgan fingerprint density at radius 3 is 3.03 bits per heavy atom. The molecule has 1 aliphatic carbocycles. The number of nitrogens with zero attached hydrogens (tertiary/aromatic N) is 5. The summed E-state index contributed by atoms with van der Waals surface area (Å²) in [5, 5.41) is 4.53. The van der Waals surface area contributed by atoms with Gasteiger partial charge < -0.3 is 14.3 Å². The van der Waals surface area contributed by atoms with Crippen LogP contribution in [0.3, 0.4) is 0 Å². The zero-order chi connectivity index (χ0) is 19.5. The highest BCUT2D eigenvalue weighted by Gasteiger charge is 2.38. The van der Waals surface area contributed by atoms with E-state index in [1.165, 1.54) is 16.8 Å². The predicted molar refractivity (Wildman–Crippen MR) is 98.8 cm³/mol. The molecule has 6 rings (SSSR count). The van der Waals surface area contributed by atoms with Gasteiger partial charge in [0, 0.05) is 30.8 Å². The van der Waals surface area contributed by atoms with Crippen molar-refractivity contribution in [3.05, 3.63) is 71.5 Å². The van der Waals surface area contributed by atoms with Crippen LogP contribution in [0.15, 0.2) is 41.3 Å². The van der Waals surface area contributed by atoms with Crippen LogP contribution in [0.5, 0.6) is 0 Å². The topological polar surface area (TPSA) is 92.3 Å². The molecule has 1 atom stereocenters. The van der Waals surface area contributed by atoms with E-state index in [-0.39, 0.29) is 17.5 Å². The molecular formula is C20H17FN6O2. The van der Waals surface area contributed by atoms with E-state index in [0.717, 1.165) is 24.2 Å². The van der Waals surface area contributed by atoms with Crippen LogP contribution in [0.4, 0.5) is 4.39 Å². The van der Waals surface area contributed by atoms with Gasteiger partial charge in [-0.15, -0.1) is 0 Å². The highest BCUT2D eigenvalue weighted by Crippen LogP contribution is 2.40. The summed E-state index contributed by atoms with van der Waals surface area (Å²) in [7, 11) is 0. The maximum Gasteiger partial charge on any atom is 0.292 e. The first-order valence-electron chi connectivity index (χ1n) is 9.61. The third-order valence-corrected chi connectivity index (χ3v) is 5.60. The standard InChI is InChI=1S/C20H17FN6O2/c21-12-2-1-6-27-15(12)8-14(25-27)18-17-13(23-10-24-17)5-7-26(18)20(28)16-9-22-19(29-16)11-3-4-11/h1-2,6,8-11,18H,3-5,7H2,(H,23,24). The molecule has 0 radical (unpaired) electrons. The largest absolute Gasteiger partial charge is 0.435 e. The number of carbonyl (C=O) groups is 1. The minimum Gasteiger partial charge on any atom is -0.435 e. The normalized spacial score (nSPS) is 18.9. The van der Waals surface area contributed by atoms with Gasteiger partial charge in [0.05, 0.1) is 23.9 Å². The average molecular weight is 392 g/mol. The molecule has 4 aromatic rings. The van der Waals surface area contributed by atoms with Gasteiger partial charge in [0.25, 0.3) is 5.91 Å². The Hall–Kier alpha value is -3.49. The number of hydrogen-bond acceptors (Lipinski definition) is 5. The van der Waals surface area contributed by atoms with Crippen LogP contribution in [0.25, 0.3) is 5.52 Å². The molecule has 5 heterocycles. The number of nitrogens with one attached hydrogen (secondary N) is 1. The molecule has 146 valence electrons. The molecule has 1 fully saturated rings. The van der Waals surface area contributed by atoms with E-state index in [9.17, 15) is 9.18 Å². The summed E-state index contributed by atoms with van der Waals surface area (Å²) in [6.45, 7) is 0.467. The van der Waals surface area contributed by atoms with Crippen molar-refractivity contribution >= 4 is 11.4 Å². The molecule has 0 spiro atoms.